The molecule has 0 unspecified atom stereocenters. The average molecular weight is 201 g/mol. The van der Waals surface area contributed by atoms with Gasteiger partial charge in [0.2, 0.25) is 0 Å². The molecule has 1 aromatic carbocycles. The van der Waals surface area contributed by atoms with Crippen LogP contribution in [0.15, 0.2) is 36.7 Å². The van der Waals surface area contributed by atoms with Crippen molar-refractivity contribution < 1.29 is 0 Å². The predicted molar refractivity (Wildman–Crippen MR) is 61.2 cm³/mol. The van der Waals surface area contributed by atoms with Crippen LogP contribution in [-0.2, 0) is 13.1 Å². The zero-order chi connectivity index (χ0) is 10.7. The van der Waals surface area contributed by atoms with Crippen molar-refractivity contribution in [2.75, 3.05) is 0 Å². The minimum Gasteiger partial charge on any atom is -0.326 e. The van der Waals surface area contributed by atoms with E-state index in [0.717, 1.165) is 17.7 Å². The number of rotatable bonds is 3. The molecule has 0 saturated heterocycles. The van der Waals surface area contributed by atoms with Crippen molar-refractivity contribution >= 4 is 0 Å². The number of hydrogen-bond donors (Lipinski definition) is 1. The zero-order valence-electron chi connectivity index (χ0n) is 8.85. The Balaban J connectivity index is 2.35. The van der Waals surface area contributed by atoms with E-state index in [2.05, 4.69) is 30.4 Å². The van der Waals surface area contributed by atoms with E-state index in [0.29, 0.717) is 6.54 Å². The number of benzene rings is 1. The lowest BCUT2D eigenvalue weighted by Crippen LogP contribution is -1.95. The summed E-state index contributed by atoms with van der Waals surface area (Å²) < 4.78 is 1.92. The minimum absolute atomic E-state index is 0.579. The van der Waals surface area contributed by atoms with Crippen LogP contribution in [0, 0.1) is 0 Å². The van der Waals surface area contributed by atoms with Gasteiger partial charge in [-0.05, 0) is 24.1 Å². The molecule has 0 bridgehead atoms. The molecule has 3 heteroatoms. The first-order valence-corrected chi connectivity index (χ1v) is 5.15. The summed E-state index contributed by atoms with van der Waals surface area (Å²) in [7, 11) is 0. The highest BCUT2D eigenvalue weighted by Crippen LogP contribution is 2.19. The molecule has 2 rings (SSSR count). The third-order valence-corrected chi connectivity index (χ3v) is 2.45. The monoisotopic (exact) mass is 201 g/mol. The van der Waals surface area contributed by atoms with Crippen LogP contribution < -0.4 is 5.73 Å². The van der Waals surface area contributed by atoms with Crippen LogP contribution >= 0.6 is 0 Å². The van der Waals surface area contributed by atoms with Crippen molar-refractivity contribution in [2.24, 2.45) is 5.73 Å². The first kappa shape index (κ1) is 9.93. The second kappa shape index (κ2) is 4.28. The van der Waals surface area contributed by atoms with Crippen LogP contribution in [0.1, 0.15) is 12.5 Å². The predicted octanol–water partition coefficient (Wildman–Crippen LogP) is 2.03. The molecule has 2 aromatic rings. The Morgan fingerprint density at radius 3 is 2.87 bits per heavy atom. The van der Waals surface area contributed by atoms with E-state index in [1.165, 1.54) is 5.56 Å². The van der Waals surface area contributed by atoms with E-state index in [-0.39, 0.29) is 0 Å². The molecule has 0 radical (unpaired) electrons. The van der Waals surface area contributed by atoms with Crippen molar-refractivity contribution in [3.05, 3.63) is 42.2 Å². The molecular formula is C12H15N3. The van der Waals surface area contributed by atoms with Gasteiger partial charge in [-0.25, -0.2) is 0 Å². The first-order valence-electron chi connectivity index (χ1n) is 5.15. The molecule has 2 N–H and O–H groups in total. The molecule has 0 amide bonds. The number of aryl methyl sites for hydroxylation is 1. The highest BCUT2D eigenvalue weighted by Gasteiger charge is 2.01. The number of aromatic nitrogens is 2. The summed E-state index contributed by atoms with van der Waals surface area (Å²) in [4.78, 5) is 0. The second-order valence-corrected chi connectivity index (χ2v) is 3.49. The van der Waals surface area contributed by atoms with Crippen molar-refractivity contribution in [3.8, 4) is 11.1 Å². The SMILES string of the molecule is CCn1cc(-c2cccc(CN)c2)cn1. The van der Waals surface area contributed by atoms with Crippen LogP contribution in [-0.4, -0.2) is 9.78 Å². The third-order valence-electron chi connectivity index (χ3n) is 2.45. The molecule has 3 nitrogen and oxygen atoms in total. The van der Waals surface area contributed by atoms with Gasteiger partial charge < -0.3 is 5.73 Å². The lowest BCUT2D eigenvalue weighted by molar-refractivity contribution is 0.660. The Hall–Kier alpha value is -1.61. The molecule has 78 valence electrons. The Bertz CT molecular complexity index is 446. The van der Waals surface area contributed by atoms with Gasteiger partial charge in [0.25, 0.3) is 0 Å². The Morgan fingerprint density at radius 1 is 1.33 bits per heavy atom. The summed E-state index contributed by atoms with van der Waals surface area (Å²) >= 11 is 0. The Kier molecular flexibility index (Phi) is 2.83. The highest BCUT2D eigenvalue weighted by molar-refractivity contribution is 5.62. The molecule has 0 saturated carbocycles. The van der Waals surface area contributed by atoms with Crippen LogP contribution in [0.3, 0.4) is 0 Å². The lowest BCUT2D eigenvalue weighted by Gasteiger charge is -2.00. The van der Waals surface area contributed by atoms with Crippen molar-refractivity contribution in [2.45, 2.75) is 20.0 Å². The fourth-order valence-corrected chi connectivity index (χ4v) is 1.56. The van der Waals surface area contributed by atoms with E-state index >= 15 is 0 Å². The minimum atomic E-state index is 0.579. The molecule has 0 fully saturated rings. The molecule has 1 aromatic heterocycles. The van der Waals surface area contributed by atoms with Gasteiger partial charge in [0, 0.05) is 24.8 Å². The summed E-state index contributed by atoms with van der Waals surface area (Å²) in [5, 5.41) is 4.25. The van der Waals surface area contributed by atoms with Gasteiger partial charge in [0.15, 0.2) is 0 Å². The number of nitrogens with two attached hydrogens (primary N) is 1. The van der Waals surface area contributed by atoms with Crippen molar-refractivity contribution in [3.63, 3.8) is 0 Å². The zero-order valence-corrected chi connectivity index (χ0v) is 8.85. The third kappa shape index (κ3) is 2.07. The highest BCUT2D eigenvalue weighted by atomic mass is 15.3. The summed E-state index contributed by atoms with van der Waals surface area (Å²) in [6.45, 7) is 3.55. The Morgan fingerprint density at radius 2 is 2.20 bits per heavy atom. The molecule has 1 heterocycles. The van der Waals surface area contributed by atoms with E-state index in [4.69, 9.17) is 5.73 Å². The van der Waals surface area contributed by atoms with Gasteiger partial charge in [-0.1, -0.05) is 18.2 Å². The average Bonchev–Trinajstić information content (AvgIpc) is 2.78. The second-order valence-electron chi connectivity index (χ2n) is 3.49. The summed E-state index contributed by atoms with van der Waals surface area (Å²) in [6, 6.07) is 8.25. The normalized spacial score (nSPS) is 10.5. The lowest BCUT2D eigenvalue weighted by atomic mass is 10.1. The van der Waals surface area contributed by atoms with E-state index < -0.39 is 0 Å². The summed E-state index contributed by atoms with van der Waals surface area (Å²) in [6.07, 6.45) is 3.94. The molecular weight excluding hydrogens is 186 g/mol. The maximum Gasteiger partial charge on any atom is 0.0568 e. The van der Waals surface area contributed by atoms with Crippen LogP contribution in [0.2, 0.25) is 0 Å². The quantitative estimate of drug-likeness (QED) is 0.825. The van der Waals surface area contributed by atoms with Crippen LogP contribution in [0.25, 0.3) is 11.1 Å². The number of hydrogen-bond acceptors (Lipinski definition) is 2. The molecule has 0 atom stereocenters. The Labute approximate surface area is 89.5 Å². The fraction of sp³-hybridized carbons (Fsp3) is 0.250. The topological polar surface area (TPSA) is 43.8 Å². The maximum absolute atomic E-state index is 5.61. The summed E-state index contributed by atoms with van der Waals surface area (Å²) in [5.74, 6) is 0. The van der Waals surface area contributed by atoms with E-state index in [9.17, 15) is 0 Å². The standard InChI is InChI=1S/C12H15N3/c1-2-15-9-12(8-14-15)11-5-3-4-10(6-11)7-13/h3-6,8-9H,2,7,13H2,1H3. The van der Waals surface area contributed by atoms with Gasteiger partial charge in [0.05, 0.1) is 6.20 Å². The van der Waals surface area contributed by atoms with Gasteiger partial charge in [0.1, 0.15) is 0 Å². The maximum atomic E-state index is 5.61. The van der Waals surface area contributed by atoms with Crippen LogP contribution in [0.5, 0.6) is 0 Å². The molecule has 0 spiro atoms. The van der Waals surface area contributed by atoms with Crippen molar-refractivity contribution in [1.82, 2.24) is 9.78 Å². The van der Waals surface area contributed by atoms with Gasteiger partial charge >= 0.3 is 0 Å². The smallest absolute Gasteiger partial charge is 0.0568 e. The van der Waals surface area contributed by atoms with E-state index in [1.54, 1.807) is 0 Å². The van der Waals surface area contributed by atoms with Gasteiger partial charge in [-0.3, -0.25) is 4.68 Å². The van der Waals surface area contributed by atoms with Crippen molar-refractivity contribution in [1.29, 1.82) is 0 Å². The molecule has 0 aliphatic carbocycles. The fourth-order valence-electron chi connectivity index (χ4n) is 1.56. The molecule has 0 aliphatic rings. The van der Waals surface area contributed by atoms with Gasteiger partial charge in [-0.15, -0.1) is 0 Å². The molecule has 15 heavy (non-hydrogen) atoms. The van der Waals surface area contributed by atoms with Crippen LogP contribution in [0.4, 0.5) is 0 Å². The molecule has 0 aliphatic heterocycles. The van der Waals surface area contributed by atoms with Gasteiger partial charge in [-0.2, -0.15) is 5.10 Å². The first-order chi connectivity index (χ1) is 7.33. The number of nitrogens with zero attached hydrogens (tertiary/aromatic N) is 2. The largest absolute Gasteiger partial charge is 0.326 e. The summed E-state index contributed by atoms with van der Waals surface area (Å²) in [5.41, 5.74) is 9.08. The van der Waals surface area contributed by atoms with E-state index in [1.807, 2.05) is 23.0 Å².